The minimum Gasteiger partial charge on any atom is -0.392 e. The van der Waals surface area contributed by atoms with E-state index in [-0.39, 0.29) is 17.7 Å². The minimum atomic E-state index is -0.372. The summed E-state index contributed by atoms with van der Waals surface area (Å²) >= 11 is 0. The molecule has 1 aliphatic heterocycles. The van der Waals surface area contributed by atoms with Crippen LogP contribution in [0, 0.1) is 10.1 Å². The summed E-state index contributed by atoms with van der Waals surface area (Å²) < 4.78 is 0. The van der Waals surface area contributed by atoms with Crippen molar-refractivity contribution in [3.05, 3.63) is 10.1 Å². The van der Waals surface area contributed by atoms with E-state index in [0.717, 1.165) is 19.4 Å². The molecule has 5 nitrogen and oxygen atoms in total. The van der Waals surface area contributed by atoms with Gasteiger partial charge in [0.1, 0.15) is 0 Å². The molecular weight excluding hydrogens is 148 g/mol. The number of hydrogen-bond donors (Lipinski definition) is 1. The highest BCUT2D eigenvalue weighted by atomic mass is 16.6. The molecule has 0 aromatic rings. The Kier molecular flexibility index (Phi) is 2.78. The molecule has 1 saturated heterocycles. The standard InChI is InChI=1S/C6H12N2O3/c9-6-2-1-3-7(4-6)5-8(10)11/h6,9H,1-5H2. The second-order valence-electron chi connectivity index (χ2n) is 2.85. The molecule has 1 aliphatic rings. The lowest BCUT2D eigenvalue weighted by Crippen LogP contribution is -2.40. The van der Waals surface area contributed by atoms with Crippen LogP contribution in [0.1, 0.15) is 12.8 Å². The van der Waals surface area contributed by atoms with Crippen molar-refractivity contribution in [2.24, 2.45) is 0 Å². The first-order valence-electron chi connectivity index (χ1n) is 3.70. The van der Waals surface area contributed by atoms with Crippen LogP contribution in [-0.4, -0.2) is 40.8 Å². The molecule has 1 fully saturated rings. The van der Waals surface area contributed by atoms with Crippen LogP contribution < -0.4 is 0 Å². The summed E-state index contributed by atoms with van der Waals surface area (Å²) in [6.07, 6.45) is 1.26. The molecule has 1 N–H and O–H groups in total. The number of piperidine rings is 1. The number of rotatable bonds is 2. The van der Waals surface area contributed by atoms with Crippen LogP contribution in [0.4, 0.5) is 0 Å². The van der Waals surface area contributed by atoms with Crippen LogP contribution in [0.25, 0.3) is 0 Å². The van der Waals surface area contributed by atoms with Crippen molar-refractivity contribution in [2.75, 3.05) is 19.8 Å². The van der Waals surface area contributed by atoms with Crippen LogP contribution in [0.5, 0.6) is 0 Å². The molecule has 5 heteroatoms. The summed E-state index contributed by atoms with van der Waals surface area (Å²) in [5.74, 6) is 0. The van der Waals surface area contributed by atoms with Gasteiger partial charge in [0, 0.05) is 18.0 Å². The lowest BCUT2D eigenvalue weighted by molar-refractivity contribution is -0.505. The fourth-order valence-electron chi connectivity index (χ4n) is 1.32. The number of nitro groups is 1. The van der Waals surface area contributed by atoms with Gasteiger partial charge in [-0.15, -0.1) is 0 Å². The van der Waals surface area contributed by atoms with Gasteiger partial charge in [0.05, 0.1) is 6.10 Å². The zero-order valence-corrected chi connectivity index (χ0v) is 6.27. The Labute approximate surface area is 64.8 Å². The van der Waals surface area contributed by atoms with Gasteiger partial charge in [-0.1, -0.05) is 0 Å². The third-order valence-corrected chi connectivity index (χ3v) is 1.80. The van der Waals surface area contributed by atoms with Crippen LogP contribution in [-0.2, 0) is 0 Å². The number of aliphatic hydroxyl groups excluding tert-OH is 1. The summed E-state index contributed by atoms with van der Waals surface area (Å²) in [6, 6.07) is 0. The molecule has 0 aromatic heterocycles. The summed E-state index contributed by atoms with van der Waals surface area (Å²) in [4.78, 5) is 11.4. The largest absolute Gasteiger partial charge is 0.392 e. The number of hydrogen-bond acceptors (Lipinski definition) is 4. The first-order chi connectivity index (χ1) is 5.18. The summed E-state index contributed by atoms with van der Waals surface area (Å²) in [5, 5.41) is 19.2. The Balaban J connectivity index is 2.28. The van der Waals surface area contributed by atoms with E-state index < -0.39 is 0 Å². The predicted molar refractivity (Wildman–Crippen MR) is 38.7 cm³/mol. The number of likely N-dealkylation sites (tertiary alicyclic amines) is 1. The van der Waals surface area contributed by atoms with Crippen molar-refractivity contribution in [3.8, 4) is 0 Å². The molecule has 1 atom stereocenters. The van der Waals surface area contributed by atoms with Crippen LogP contribution >= 0.6 is 0 Å². The topological polar surface area (TPSA) is 66.6 Å². The van der Waals surface area contributed by atoms with Crippen LogP contribution in [0.15, 0.2) is 0 Å². The van der Waals surface area contributed by atoms with E-state index in [0.29, 0.717) is 6.54 Å². The van der Waals surface area contributed by atoms with Gasteiger partial charge >= 0.3 is 0 Å². The number of β-amino-alcohol motifs (C(OH)–C–C–N with tert-alkyl or cyclic N) is 1. The van der Waals surface area contributed by atoms with Gasteiger partial charge in [0.25, 0.3) is 6.67 Å². The Morgan fingerprint density at radius 1 is 1.73 bits per heavy atom. The molecule has 0 amide bonds. The lowest BCUT2D eigenvalue weighted by atomic mass is 10.1. The molecule has 1 unspecified atom stereocenters. The van der Waals surface area contributed by atoms with Crippen LogP contribution in [0.2, 0.25) is 0 Å². The molecule has 0 aliphatic carbocycles. The van der Waals surface area contributed by atoms with E-state index in [2.05, 4.69) is 0 Å². The van der Waals surface area contributed by atoms with Crippen molar-refractivity contribution in [1.29, 1.82) is 0 Å². The van der Waals surface area contributed by atoms with E-state index in [4.69, 9.17) is 5.11 Å². The van der Waals surface area contributed by atoms with Crippen molar-refractivity contribution >= 4 is 0 Å². The van der Waals surface area contributed by atoms with Gasteiger partial charge in [0.15, 0.2) is 0 Å². The molecule has 0 spiro atoms. The molecular formula is C6H12N2O3. The summed E-state index contributed by atoms with van der Waals surface area (Å²) in [6.45, 7) is 1.04. The molecule has 0 aromatic carbocycles. The van der Waals surface area contributed by atoms with Gasteiger partial charge in [-0.05, 0) is 12.8 Å². The van der Waals surface area contributed by atoms with Crippen molar-refractivity contribution in [1.82, 2.24) is 4.90 Å². The van der Waals surface area contributed by atoms with E-state index in [1.165, 1.54) is 0 Å². The highest BCUT2D eigenvalue weighted by Gasteiger charge is 2.20. The number of aliphatic hydroxyl groups is 1. The molecule has 64 valence electrons. The van der Waals surface area contributed by atoms with E-state index >= 15 is 0 Å². The van der Waals surface area contributed by atoms with Crippen molar-refractivity contribution in [2.45, 2.75) is 18.9 Å². The SMILES string of the molecule is O=[N+]([O-])CN1CCCC(O)C1. The fraction of sp³-hybridized carbons (Fsp3) is 1.00. The second-order valence-corrected chi connectivity index (χ2v) is 2.85. The molecule has 11 heavy (non-hydrogen) atoms. The second kappa shape index (κ2) is 3.64. The molecule has 1 rings (SSSR count). The van der Waals surface area contributed by atoms with Crippen molar-refractivity contribution in [3.63, 3.8) is 0 Å². The molecule has 0 saturated carbocycles. The Morgan fingerprint density at radius 2 is 2.45 bits per heavy atom. The van der Waals surface area contributed by atoms with Gasteiger partial charge in [-0.25, -0.2) is 4.90 Å². The third kappa shape index (κ3) is 2.81. The lowest BCUT2D eigenvalue weighted by Gasteiger charge is -2.26. The van der Waals surface area contributed by atoms with Crippen LogP contribution in [0.3, 0.4) is 0 Å². The Bertz CT molecular complexity index is 151. The average molecular weight is 160 g/mol. The quantitative estimate of drug-likeness (QED) is 0.444. The van der Waals surface area contributed by atoms with Gasteiger partial charge < -0.3 is 5.11 Å². The maximum absolute atomic E-state index is 10.1. The van der Waals surface area contributed by atoms with E-state index in [1.54, 1.807) is 4.90 Å². The maximum Gasteiger partial charge on any atom is 0.259 e. The average Bonchev–Trinajstić information content (AvgIpc) is 1.85. The Morgan fingerprint density at radius 3 is 3.00 bits per heavy atom. The highest BCUT2D eigenvalue weighted by molar-refractivity contribution is 4.69. The highest BCUT2D eigenvalue weighted by Crippen LogP contribution is 2.08. The normalized spacial score (nSPS) is 26.8. The Hall–Kier alpha value is -0.680. The third-order valence-electron chi connectivity index (χ3n) is 1.80. The molecule has 0 bridgehead atoms. The predicted octanol–water partition coefficient (Wildman–Crippen LogP) is -0.323. The van der Waals surface area contributed by atoms with Gasteiger partial charge in [-0.2, -0.15) is 0 Å². The molecule has 0 radical (unpaired) electrons. The van der Waals surface area contributed by atoms with Gasteiger partial charge in [-0.3, -0.25) is 10.1 Å². The first kappa shape index (κ1) is 8.42. The number of nitrogens with zero attached hydrogens (tertiary/aromatic N) is 2. The zero-order chi connectivity index (χ0) is 8.27. The van der Waals surface area contributed by atoms with E-state index in [9.17, 15) is 10.1 Å². The fourth-order valence-corrected chi connectivity index (χ4v) is 1.32. The summed E-state index contributed by atoms with van der Waals surface area (Å²) in [7, 11) is 0. The molecule has 1 heterocycles. The smallest absolute Gasteiger partial charge is 0.259 e. The maximum atomic E-state index is 10.1. The van der Waals surface area contributed by atoms with Crippen molar-refractivity contribution < 1.29 is 10.0 Å². The first-order valence-corrected chi connectivity index (χ1v) is 3.70. The minimum absolute atomic E-state index is 0.142. The van der Waals surface area contributed by atoms with Gasteiger partial charge in [0.2, 0.25) is 0 Å². The zero-order valence-electron chi connectivity index (χ0n) is 6.27. The monoisotopic (exact) mass is 160 g/mol. The summed E-state index contributed by atoms with van der Waals surface area (Å²) in [5.41, 5.74) is 0. The van der Waals surface area contributed by atoms with E-state index in [1.807, 2.05) is 0 Å².